The molecular weight excluding hydrogens is 1480 g/mol. The summed E-state index contributed by atoms with van der Waals surface area (Å²) in [5.41, 5.74) is -16.1. The van der Waals surface area contributed by atoms with E-state index in [4.69, 9.17) is 20.5 Å². The molecule has 580 valence electrons. The Morgan fingerprint density at radius 1 is 0.343 bits per heavy atom. The summed E-state index contributed by atoms with van der Waals surface area (Å²) in [7, 11) is 0. The van der Waals surface area contributed by atoms with Gasteiger partial charge in [-0.2, -0.15) is 79.0 Å². The van der Waals surface area contributed by atoms with Gasteiger partial charge in [-0.25, -0.2) is 0 Å². The van der Waals surface area contributed by atoms with Crippen LogP contribution in [-0.2, 0) is 21.0 Å². The van der Waals surface area contributed by atoms with E-state index in [1.807, 2.05) is 5.32 Å². The molecule has 0 saturated heterocycles. The fraction of sp³-hybridized carbons (Fsp3) is 0.205. The molecule has 0 aromatic heterocycles. The van der Waals surface area contributed by atoms with Crippen LogP contribution >= 0.6 is 0 Å². The molecule has 0 saturated carbocycles. The van der Waals surface area contributed by atoms with Crippen LogP contribution in [0.25, 0.3) is 0 Å². The van der Waals surface area contributed by atoms with E-state index >= 15 is 0 Å². The molecule has 4 amide bonds. The number of aromatic hydroxyl groups is 6. The van der Waals surface area contributed by atoms with Gasteiger partial charge in [-0.1, -0.05) is 83.8 Å². The van der Waals surface area contributed by atoms with Gasteiger partial charge < -0.3 is 68.1 Å². The molecule has 0 fully saturated rings. The van der Waals surface area contributed by atoms with Crippen LogP contribution in [0.3, 0.4) is 0 Å². The van der Waals surface area contributed by atoms with Crippen LogP contribution in [0.15, 0.2) is 182 Å². The Labute approximate surface area is 607 Å². The van der Waals surface area contributed by atoms with Crippen molar-refractivity contribution >= 4 is 57.8 Å². The number of aryl methyl sites for hydroxylation is 1. The van der Waals surface area contributed by atoms with Gasteiger partial charge in [0, 0.05) is 23.6 Å². The lowest BCUT2D eigenvalue weighted by Gasteiger charge is -2.38. The predicted molar refractivity (Wildman–Crippen MR) is 365 cm³/mol. The van der Waals surface area contributed by atoms with E-state index in [0.717, 1.165) is 31.2 Å². The van der Waals surface area contributed by atoms with Crippen molar-refractivity contribution < 1.29 is 134 Å². The van der Waals surface area contributed by atoms with E-state index in [-0.39, 0.29) is 70.0 Å². The highest BCUT2D eigenvalue weighted by atomic mass is 19.4. The maximum absolute atomic E-state index is 15.0. The average molecular weight is 1550 g/mol. The van der Waals surface area contributed by atoms with Crippen molar-refractivity contribution in [1.29, 1.82) is 4.29 Å². The van der Waals surface area contributed by atoms with Crippen molar-refractivity contribution in [3.05, 3.63) is 238 Å². The lowest BCUT2D eigenvalue weighted by atomic mass is 9.72. The van der Waals surface area contributed by atoms with E-state index in [9.17, 15) is 114 Å². The molecule has 17 nitrogen and oxygen atoms in total. The number of nitrogens with one attached hydrogen (secondary N) is 4. The second-order valence-electron chi connectivity index (χ2n) is 22.7. The van der Waals surface area contributed by atoms with Gasteiger partial charge in [0.2, 0.25) is 22.2 Å². The van der Waals surface area contributed by atoms with Crippen molar-refractivity contribution in [3.63, 3.8) is 0 Å². The molecule has 0 bridgehead atoms. The number of nitrogen functional groups attached to an aromatic ring is 2. The number of benzene rings is 9. The van der Waals surface area contributed by atoms with Crippen LogP contribution in [0.2, 0.25) is 0 Å². The zero-order chi connectivity index (χ0) is 79.5. The number of anilines is 6. The monoisotopic (exact) mass is 1550 g/mol. The van der Waals surface area contributed by atoms with Crippen molar-refractivity contribution in [1.82, 2.24) is 0 Å². The lowest BCUT2D eigenvalue weighted by Crippen LogP contribution is -2.54. The molecule has 14 N–H and O–H groups in total. The number of hydrogen-bond acceptors (Lipinski definition) is 13. The topological polar surface area (TPSA) is 299 Å². The van der Waals surface area contributed by atoms with Gasteiger partial charge in [0.05, 0.1) is 34.1 Å². The normalized spacial score (nSPS) is 12.3. The standard InChI is InChI=1S/C46H32F12N4O8.C23H18F6N2O3.4CH4/c1-22(63)60-32-19-26(7-15-36(32)65)42(45(53,54)55,46(56,57)58)28-9-17-38(67)34(21-28)62-40(69)24-4-12-30(13-5-24)70-29-10-2-23(3-11-29)39(68)61-33-20-27(8-16-37(33)66)41(43(47,48)49,44(50,51)52)25-6-14-35(64)31(59)18-25;1-12-3-2-4-13(9-12)20(34)31-17-11-15(6-8-19(17)33)21(22(24,25)26,23(27,28)29)14-5-7-18(32)16(30)10-14;;;;/h2-21,64-67H,59H2,1H3,(H,60,63)(H,61,68)(H,62,69);2-11,32-33H,30H2,1H3,(H,31,34);4*1H4/i/hD3. The lowest BCUT2D eigenvalue weighted by molar-refractivity contribution is -0.290. The molecule has 0 spiro atoms. The van der Waals surface area contributed by atoms with Gasteiger partial charge >= 0.3 is 37.1 Å². The summed E-state index contributed by atoms with van der Waals surface area (Å²) in [6, 6.07) is 23.3. The molecule has 0 heterocycles. The number of phenols is 6. The van der Waals surface area contributed by atoms with Crippen LogP contribution in [-0.4, -0.2) is 95.6 Å². The number of amides is 4. The first-order valence-electron chi connectivity index (χ1n) is 30.4. The molecule has 0 atom stereocenters. The Hall–Kier alpha value is -12.2. The van der Waals surface area contributed by atoms with E-state index in [1.54, 1.807) is 13.0 Å². The van der Waals surface area contributed by atoms with Gasteiger partial charge in [-0.05, 0) is 174 Å². The largest absolute Gasteiger partial charge is 0.506 e. The predicted octanol–water partition coefficient (Wildman–Crippen LogP) is 19.4. The summed E-state index contributed by atoms with van der Waals surface area (Å²) in [4.78, 5) is 50.8. The maximum atomic E-state index is 15.0. The van der Waals surface area contributed by atoms with Gasteiger partial charge in [-0.15, -0.1) is 0 Å². The first kappa shape index (κ1) is 83.1. The minimum absolute atomic E-state index is 0. The average Bonchev–Trinajstić information content (AvgIpc) is 0.725. The summed E-state index contributed by atoms with van der Waals surface area (Å²) in [5.74, 6) is -8.22. The third-order valence-electron chi connectivity index (χ3n) is 15.9. The Bertz CT molecular complexity index is 4790. The molecule has 0 unspecified atom stereocenters. The van der Waals surface area contributed by atoms with E-state index in [2.05, 4.69) is 31.3 Å². The summed E-state index contributed by atoms with van der Waals surface area (Å²) in [6.45, 7) is 2.57. The van der Waals surface area contributed by atoms with Gasteiger partial charge in [0.1, 0.15) is 46.0 Å². The molecule has 9 rings (SSSR count). The van der Waals surface area contributed by atoms with Gasteiger partial charge in [0.25, 0.3) is 22.0 Å². The molecule has 35 heteroatoms. The number of carbonyl (C=O) groups is 4. The van der Waals surface area contributed by atoms with Crippen LogP contribution in [0.1, 0.15) is 107 Å². The van der Waals surface area contributed by atoms with Crippen molar-refractivity contribution in [3.8, 4) is 46.0 Å². The van der Waals surface area contributed by atoms with Crippen LogP contribution in [0, 0.1) is 6.92 Å². The summed E-state index contributed by atoms with van der Waals surface area (Å²) < 4.78 is 292. The van der Waals surface area contributed by atoms with E-state index < -0.39 is 179 Å². The van der Waals surface area contributed by atoms with Crippen molar-refractivity contribution in [2.24, 2.45) is 0 Å². The first-order valence-corrected chi connectivity index (χ1v) is 29.1. The smallest absolute Gasteiger partial charge is 0.411 e. The van der Waals surface area contributed by atoms with Gasteiger partial charge in [0.15, 0.2) is 0 Å². The summed E-state index contributed by atoms with van der Waals surface area (Å²) in [5, 5.41) is 50.8. The van der Waals surface area contributed by atoms with Crippen molar-refractivity contribution in [2.45, 2.75) is 96.9 Å². The Balaban J connectivity index is 0.000000561. The minimum Gasteiger partial charge on any atom is -0.506 e. The molecule has 0 aliphatic heterocycles. The fourth-order valence-electron chi connectivity index (χ4n) is 11.0. The zero-order valence-electron chi connectivity index (χ0n) is 55.4. The third kappa shape index (κ3) is 17.0. The number of hydrogen-bond donors (Lipinski definition) is 12. The van der Waals surface area contributed by atoms with E-state index in [1.165, 1.54) is 42.5 Å². The second-order valence-corrected chi connectivity index (χ2v) is 22.7. The third-order valence-corrected chi connectivity index (χ3v) is 15.9. The maximum Gasteiger partial charge on any atom is 0.411 e. The summed E-state index contributed by atoms with van der Waals surface area (Å²) in [6.07, 6.45) is -36.4. The number of carbonyl (C=O) groups excluding carboxylic acids is 4. The Morgan fingerprint density at radius 3 is 0.861 bits per heavy atom. The minimum atomic E-state index is -6.16. The van der Waals surface area contributed by atoms with Crippen LogP contribution in [0.5, 0.6) is 46.0 Å². The van der Waals surface area contributed by atoms with Crippen LogP contribution in [0.4, 0.5) is 113 Å². The number of halogens is 18. The number of ether oxygens (including phenoxy) is 1. The first-order chi connectivity index (χ1) is 49.7. The second kappa shape index (κ2) is 32.3. The summed E-state index contributed by atoms with van der Waals surface area (Å²) >= 11 is 0. The molecule has 0 aliphatic rings. The molecule has 9 aromatic carbocycles. The fourth-order valence-corrected chi connectivity index (χ4v) is 11.0. The highest BCUT2D eigenvalue weighted by Crippen LogP contribution is 2.61. The number of phenolic OH excluding ortho intramolecular Hbond substituents is 6. The molecule has 0 aliphatic carbocycles. The molecule has 9 aromatic rings. The zero-order valence-corrected chi connectivity index (χ0v) is 52.4. The SMILES string of the molecule is C.C.C.C.[2H]Oc1ccc(C(c2ccc(O)c(N)c2)(C(F)(F)F)C(F)(F)F)cc1NC(=O)c1ccc(Oc2ccc(C(=O)Nc3cc(C(c4ccc(O)c(NC(C)=O)c4)(C(F)(F)F)C(F)(F)F)ccc3O[2H])cc2)cc1.[2H]Oc1ccc(C(c2ccc(O)c(N)c2)(C(F)(F)F)C(F)(F)F)cc1NC(=O)c1cccc(C)c1. The van der Waals surface area contributed by atoms with Crippen molar-refractivity contribution in [2.75, 3.05) is 32.7 Å². The molecule has 0 radical (unpaired) electrons. The Kier molecular flexibility index (Phi) is 24.8. The van der Waals surface area contributed by atoms with E-state index in [0.29, 0.717) is 103 Å². The van der Waals surface area contributed by atoms with Crippen LogP contribution < -0.4 is 37.5 Å². The quantitative estimate of drug-likeness (QED) is 0.0216. The molecular formula is C73H66F18N6O11. The number of alkyl halides is 18. The van der Waals surface area contributed by atoms with Gasteiger partial charge in [-0.3, -0.25) is 19.2 Å². The Morgan fingerprint density at radius 2 is 0.602 bits per heavy atom. The molecule has 108 heavy (non-hydrogen) atoms. The highest BCUT2D eigenvalue weighted by Gasteiger charge is 2.75. The highest BCUT2D eigenvalue weighted by molar-refractivity contribution is 6.07. The number of nitrogens with two attached hydrogens (primary N) is 2. The number of rotatable bonds is 18.